The first kappa shape index (κ1) is 12.8. The van der Waals surface area contributed by atoms with Gasteiger partial charge in [0.25, 0.3) is 0 Å². The third kappa shape index (κ3) is 4.05. The Bertz CT molecular complexity index is 306. The van der Waals surface area contributed by atoms with Gasteiger partial charge in [-0.15, -0.1) is 0 Å². The van der Waals surface area contributed by atoms with Crippen molar-refractivity contribution < 1.29 is 9.53 Å². The molecule has 0 aliphatic rings. The Morgan fingerprint density at radius 3 is 2.50 bits per heavy atom. The standard InChI is InChI=1S/C14H20O2/c1-3-8-13(11-16-14(15)4-2)12-9-6-5-7-10-12/h5-7,9-10,13H,3-4,8,11H2,1-2H3. The molecular formula is C14H20O2. The second-order valence-electron chi connectivity index (χ2n) is 3.93. The van der Waals surface area contributed by atoms with Gasteiger partial charge < -0.3 is 4.74 Å². The molecule has 0 fully saturated rings. The first-order valence-corrected chi connectivity index (χ1v) is 5.98. The van der Waals surface area contributed by atoms with E-state index in [1.165, 1.54) is 5.56 Å². The number of hydrogen-bond donors (Lipinski definition) is 0. The van der Waals surface area contributed by atoms with Crippen molar-refractivity contribution in [3.63, 3.8) is 0 Å². The molecule has 1 aromatic rings. The molecule has 2 nitrogen and oxygen atoms in total. The van der Waals surface area contributed by atoms with Gasteiger partial charge >= 0.3 is 5.97 Å². The number of carbonyl (C=O) groups is 1. The Balaban J connectivity index is 2.57. The fourth-order valence-electron chi connectivity index (χ4n) is 1.72. The zero-order chi connectivity index (χ0) is 11.8. The van der Waals surface area contributed by atoms with Crippen LogP contribution in [0.2, 0.25) is 0 Å². The van der Waals surface area contributed by atoms with E-state index in [1.54, 1.807) is 0 Å². The quantitative estimate of drug-likeness (QED) is 0.686. The van der Waals surface area contributed by atoms with Crippen molar-refractivity contribution in [2.75, 3.05) is 6.61 Å². The topological polar surface area (TPSA) is 26.3 Å². The molecule has 88 valence electrons. The second kappa shape index (κ2) is 7.04. The van der Waals surface area contributed by atoms with Crippen LogP contribution in [0, 0.1) is 0 Å². The second-order valence-corrected chi connectivity index (χ2v) is 3.93. The van der Waals surface area contributed by atoms with Crippen LogP contribution < -0.4 is 0 Å². The van der Waals surface area contributed by atoms with Crippen LogP contribution in [0.25, 0.3) is 0 Å². The molecule has 1 atom stereocenters. The third-order valence-corrected chi connectivity index (χ3v) is 2.64. The fraction of sp³-hybridized carbons (Fsp3) is 0.500. The first-order valence-electron chi connectivity index (χ1n) is 5.98. The predicted molar refractivity (Wildman–Crippen MR) is 65.3 cm³/mol. The Morgan fingerprint density at radius 2 is 1.94 bits per heavy atom. The van der Waals surface area contributed by atoms with E-state index in [-0.39, 0.29) is 5.97 Å². The van der Waals surface area contributed by atoms with Gasteiger partial charge in [0.05, 0.1) is 6.61 Å². The number of esters is 1. The molecule has 0 aliphatic carbocycles. The maximum atomic E-state index is 11.1. The SMILES string of the molecule is CCCC(COC(=O)CC)c1ccccc1. The summed E-state index contributed by atoms with van der Waals surface area (Å²) in [6, 6.07) is 10.3. The van der Waals surface area contributed by atoms with Gasteiger partial charge in [0.15, 0.2) is 0 Å². The molecule has 1 aromatic carbocycles. The van der Waals surface area contributed by atoms with Gasteiger partial charge in [-0.05, 0) is 12.0 Å². The molecule has 0 amide bonds. The first-order chi connectivity index (χ1) is 7.77. The van der Waals surface area contributed by atoms with Crippen molar-refractivity contribution >= 4 is 5.97 Å². The molecule has 1 rings (SSSR count). The highest BCUT2D eigenvalue weighted by Crippen LogP contribution is 2.21. The summed E-state index contributed by atoms with van der Waals surface area (Å²) in [6.07, 6.45) is 2.61. The number of hydrogen-bond acceptors (Lipinski definition) is 2. The molecule has 0 bridgehead atoms. The Morgan fingerprint density at radius 1 is 1.25 bits per heavy atom. The average Bonchev–Trinajstić information content (AvgIpc) is 2.35. The molecule has 0 aliphatic heterocycles. The van der Waals surface area contributed by atoms with E-state index in [2.05, 4.69) is 19.1 Å². The van der Waals surface area contributed by atoms with Crippen molar-refractivity contribution in [2.24, 2.45) is 0 Å². The zero-order valence-electron chi connectivity index (χ0n) is 10.1. The highest BCUT2D eigenvalue weighted by atomic mass is 16.5. The van der Waals surface area contributed by atoms with E-state index in [4.69, 9.17) is 4.74 Å². The molecule has 0 spiro atoms. The van der Waals surface area contributed by atoms with Gasteiger partial charge in [-0.2, -0.15) is 0 Å². The van der Waals surface area contributed by atoms with Gasteiger partial charge in [-0.25, -0.2) is 0 Å². The molecule has 0 aromatic heterocycles. The summed E-state index contributed by atoms with van der Waals surface area (Å²) in [6.45, 7) is 4.47. The summed E-state index contributed by atoms with van der Waals surface area (Å²) in [5.41, 5.74) is 1.26. The molecule has 1 unspecified atom stereocenters. The van der Waals surface area contributed by atoms with E-state index in [0.717, 1.165) is 12.8 Å². The van der Waals surface area contributed by atoms with Gasteiger partial charge in [-0.3, -0.25) is 4.79 Å². The van der Waals surface area contributed by atoms with Crippen LogP contribution >= 0.6 is 0 Å². The lowest BCUT2D eigenvalue weighted by Crippen LogP contribution is -2.12. The number of rotatable bonds is 6. The van der Waals surface area contributed by atoms with E-state index in [9.17, 15) is 4.79 Å². The maximum absolute atomic E-state index is 11.1. The van der Waals surface area contributed by atoms with Gasteiger partial charge in [0.2, 0.25) is 0 Å². The lowest BCUT2D eigenvalue weighted by Gasteiger charge is -2.16. The highest BCUT2D eigenvalue weighted by Gasteiger charge is 2.12. The fourth-order valence-corrected chi connectivity index (χ4v) is 1.72. The molecular weight excluding hydrogens is 200 g/mol. The number of benzene rings is 1. The maximum Gasteiger partial charge on any atom is 0.305 e. The predicted octanol–water partition coefficient (Wildman–Crippen LogP) is 3.52. The highest BCUT2D eigenvalue weighted by molar-refractivity contribution is 5.68. The summed E-state index contributed by atoms with van der Waals surface area (Å²) in [5.74, 6) is 0.221. The minimum absolute atomic E-state index is 0.114. The summed E-state index contributed by atoms with van der Waals surface area (Å²) < 4.78 is 5.22. The van der Waals surface area contributed by atoms with Crippen molar-refractivity contribution in [1.29, 1.82) is 0 Å². The Kier molecular flexibility index (Phi) is 5.62. The largest absolute Gasteiger partial charge is 0.465 e. The van der Waals surface area contributed by atoms with Crippen LogP contribution in [0.1, 0.15) is 44.6 Å². The van der Waals surface area contributed by atoms with Crippen molar-refractivity contribution in [3.8, 4) is 0 Å². The minimum Gasteiger partial charge on any atom is -0.465 e. The van der Waals surface area contributed by atoms with Gasteiger partial charge in [0.1, 0.15) is 0 Å². The number of carbonyl (C=O) groups excluding carboxylic acids is 1. The van der Waals surface area contributed by atoms with Crippen LogP contribution in [-0.2, 0) is 9.53 Å². The van der Waals surface area contributed by atoms with Crippen molar-refractivity contribution in [1.82, 2.24) is 0 Å². The molecule has 2 heteroatoms. The van der Waals surface area contributed by atoms with Crippen molar-refractivity contribution in [3.05, 3.63) is 35.9 Å². The summed E-state index contributed by atoms with van der Waals surface area (Å²) in [5, 5.41) is 0. The van der Waals surface area contributed by atoms with Crippen molar-refractivity contribution in [2.45, 2.75) is 39.0 Å². The van der Waals surface area contributed by atoms with E-state index in [1.807, 2.05) is 25.1 Å². The smallest absolute Gasteiger partial charge is 0.305 e. The van der Waals surface area contributed by atoms with E-state index in [0.29, 0.717) is 18.9 Å². The summed E-state index contributed by atoms with van der Waals surface area (Å²) >= 11 is 0. The lowest BCUT2D eigenvalue weighted by atomic mass is 9.95. The zero-order valence-corrected chi connectivity index (χ0v) is 10.1. The molecule has 0 radical (unpaired) electrons. The number of ether oxygens (including phenoxy) is 1. The van der Waals surface area contributed by atoms with Gasteiger partial charge in [0, 0.05) is 12.3 Å². The Hall–Kier alpha value is -1.31. The van der Waals surface area contributed by atoms with E-state index < -0.39 is 0 Å². The molecule has 0 saturated heterocycles. The van der Waals surface area contributed by atoms with E-state index >= 15 is 0 Å². The summed E-state index contributed by atoms with van der Waals surface area (Å²) in [4.78, 5) is 11.1. The van der Waals surface area contributed by atoms with Crippen LogP contribution in [0.5, 0.6) is 0 Å². The van der Waals surface area contributed by atoms with Gasteiger partial charge in [-0.1, -0.05) is 50.6 Å². The van der Waals surface area contributed by atoms with Crippen LogP contribution in [0.3, 0.4) is 0 Å². The molecule has 0 saturated carbocycles. The monoisotopic (exact) mass is 220 g/mol. The normalized spacial score (nSPS) is 12.1. The van der Waals surface area contributed by atoms with Crippen LogP contribution in [-0.4, -0.2) is 12.6 Å². The molecule has 16 heavy (non-hydrogen) atoms. The molecule has 0 N–H and O–H groups in total. The average molecular weight is 220 g/mol. The summed E-state index contributed by atoms with van der Waals surface area (Å²) in [7, 11) is 0. The minimum atomic E-state index is -0.114. The molecule has 0 heterocycles. The van der Waals surface area contributed by atoms with Crippen LogP contribution in [0.15, 0.2) is 30.3 Å². The van der Waals surface area contributed by atoms with Crippen LogP contribution in [0.4, 0.5) is 0 Å². The lowest BCUT2D eigenvalue weighted by molar-refractivity contribution is -0.143. The third-order valence-electron chi connectivity index (χ3n) is 2.64. The Labute approximate surface area is 97.6 Å².